The van der Waals surface area contributed by atoms with Gasteiger partial charge in [0.15, 0.2) is 0 Å². The molecule has 0 aliphatic carbocycles. The van der Waals surface area contributed by atoms with E-state index in [1.54, 1.807) is 0 Å². The standard InChI is InChI=1S/C18H24O3S/c1-17(2,3)14-11-12-9-7-8-10-13(12)15(18(4,5)6)16(14)22(19,20)21/h7-11H,1-6H3,(H,19,20,21)/p-1. The summed E-state index contributed by atoms with van der Waals surface area (Å²) in [6.45, 7) is 11.6. The molecule has 22 heavy (non-hydrogen) atoms. The van der Waals surface area contributed by atoms with Gasteiger partial charge in [-0.3, -0.25) is 0 Å². The van der Waals surface area contributed by atoms with Crippen molar-refractivity contribution >= 4 is 20.9 Å². The first-order valence-electron chi connectivity index (χ1n) is 7.36. The lowest BCUT2D eigenvalue weighted by atomic mass is 9.78. The van der Waals surface area contributed by atoms with E-state index in [4.69, 9.17) is 0 Å². The molecule has 0 bridgehead atoms. The highest BCUT2D eigenvalue weighted by molar-refractivity contribution is 7.85. The van der Waals surface area contributed by atoms with Gasteiger partial charge in [0.05, 0.1) is 4.90 Å². The van der Waals surface area contributed by atoms with E-state index in [1.807, 2.05) is 71.9 Å². The van der Waals surface area contributed by atoms with Crippen molar-refractivity contribution in [2.75, 3.05) is 0 Å². The second-order valence-electron chi connectivity index (χ2n) is 7.80. The van der Waals surface area contributed by atoms with Gasteiger partial charge >= 0.3 is 0 Å². The first-order chi connectivity index (χ1) is 9.83. The molecule has 0 radical (unpaired) electrons. The Morgan fingerprint density at radius 1 is 0.909 bits per heavy atom. The molecule has 0 saturated carbocycles. The topological polar surface area (TPSA) is 57.2 Å². The van der Waals surface area contributed by atoms with Crippen LogP contribution in [0.15, 0.2) is 35.2 Å². The molecule has 4 heteroatoms. The van der Waals surface area contributed by atoms with Gasteiger partial charge in [-0.05, 0) is 38.8 Å². The number of hydrogen-bond donors (Lipinski definition) is 0. The Morgan fingerprint density at radius 2 is 1.45 bits per heavy atom. The van der Waals surface area contributed by atoms with E-state index in [0.29, 0.717) is 11.1 Å². The van der Waals surface area contributed by atoms with Gasteiger partial charge in [0.2, 0.25) is 0 Å². The molecular formula is C18H23O3S-. The van der Waals surface area contributed by atoms with Crippen LogP contribution < -0.4 is 0 Å². The molecule has 120 valence electrons. The smallest absolute Gasteiger partial charge is 0.125 e. The van der Waals surface area contributed by atoms with Gasteiger partial charge in [-0.1, -0.05) is 65.8 Å². The van der Waals surface area contributed by atoms with Gasteiger partial charge in [0.1, 0.15) is 10.1 Å². The summed E-state index contributed by atoms with van der Waals surface area (Å²) >= 11 is 0. The van der Waals surface area contributed by atoms with Crippen LogP contribution in [0.5, 0.6) is 0 Å². The predicted molar refractivity (Wildman–Crippen MR) is 89.3 cm³/mol. The molecule has 0 aliphatic heterocycles. The summed E-state index contributed by atoms with van der Waals surface area (Å²) in [7, 11) is -4.57. The van der Waals surface area contributed by atoms with Crippen molar-refractivity contribution in [3.8, 4) is 0 Å². The summed E-state index contributed by atoms with van der Waals surface area (Å²) in [5.41, 5.74) is 0.321. The molecule has 0 heterocycles. The van der Waals surface area contributed by atoms with E-state index in [9.17, 15) is 13.0 Å². The lowest BCUT2D eigenvalue weighted by molar-refractivity contribution is 0.451. The van der Waals surface area contributed by atoms with Crippen LogP contribution in [0.2, 0.25) is 0 Å². The van der Waals surface area contributed by atoms with Gasteiger partial charge in [-0.15, -0.1) is 0 Å². The molecule has 0 saturated heterocycles. The summed E-state index contributed by atoms with van der Waals surface area (Å²) in [6.07, 6.45) is 0. The quantitative estimate of drug-likeness (QED) is 0.735. The highest BCUT2D eigenvalue weighted by Gasteiger charge is 2.30. The van der Waals surface area contributed by atoms with Gasteiger partial charge in [-0.25, -0.2) is 8.42 Å². The van der Waals surface area contributed by atoms with Crippen molar-refractivity contribution in [1.82, 2.24) is 0 Å². The van der Waals surface area contributed by atoms with Gasteiger partial charge in [0, 0.05) is 0 Å². The van der Waals surface area contributed by atoms with Crippen molar-refractivity contribution in [3.05, 3.63) is 41.5 Å². The molecule has 0 amide bonds. The third-order valence-electron chi connectivity index (χ3n) is 3.81. The van der Waals surface area contributed by atoms with Crippen molar-refractivity contribution in [2.45, 2.75) is 57.3 Å². The van der Waals surface area contributed by atoms with E-state index in [2.05, 4.69) is 0 Å². The van der Waals surface area contributed by atoms with Crippen LogP contribution in [-0.2, 0) is 20.9 Å². The summed E-state index contributed by atoms with van der Waals surface area (Å²) in [5.74, 6) is 0. The van der Waals surface area contributed by atoms with E-state index in [0.717, 1.165) is 10.8 Å². The van der Waals surface area contributed by atoms with Crippen LogP contribution in [0.3, 0.4) is 0 Å². The fourth-order valence-electron chi connectivity index (χ4n) is 2.89. The molecule has 0 spiro atoms. The van der Waals surface area contributed by atoms with E-state index < -0.39 is 20.9 Å². The molecule has 0 fully saturated rings. The molecule has 0 atom stereocenters. The van der Waals surface area contributed by atoms with Gasteiger partial charge in [0.25, 0.3) is 0 Å². The third kappa shape index (κ3) is 3.03. The monoisotopic (exact) mass is 319 g/mol. The lowest BCUT2D eigenvalue weighted by Gasteiger charge is -2.32. The SMILES string of the molecule is CC(C)(C)c1cc2ccccc2c(C(C)(C)C)c1S(=O)(=O)[O-]. The second kappa shape index (κ2) is 5.07. The lowest BCUT2D eigenvalue weighted by Crippen LogP contribution is -2.24. The number of fused-ring (bicyclic) bond motifs is 1. The Balaban J connectivity index is 3.16. The Morgan fingerprint density at radius 3 is 1.91 bits per heavy atom. The molecule has 0 aliphatic rings. The highest BCUT2D eigenvalue weighted by atomic mass is 32.2. The zero-order valence-corrected chi connectivity index (χ0v) is 14.8. The summed E-state index contributed by atoms with van der Waals surface area (Å²) in [5, 5.41) is 1.79. The van der Waals surface area contributed by atoms with Gasteiger partial charge < -0.3 is 4.55 Å². The molecule has 0 N–H and O–H groups in total. The average molecular weight is 319 g/mol. The highest BCUT2D eigenvalue weighted by Crippen LogP contribution is 2.41. The van der Waals surface area contributed by atoms with Crippen LogP contribution in [0.4, 0.5) is 0 Å². The van der Waals surface area contributed by atoms with Crippen molar-refractivity contribution in [2.24, 2.45) is 0 Å². The molecule has 3 nitrogen and oxygen atoms in total. The largest absolute Gasteiger partial charge is 0.744 e. The minimum atomic E-state index is -4.57. The fraction of sp³-hybridized carbons (Fsp3) is 0.444. The first-order valence-corrected chi connectivity index (χ1v) is 8.77. The Hall–Kier alpha value is -1.39. The minimum Gasteiger partial charge on any atom is -0.744 e. The maximum absolute atomic E-state index is 12.1. The molecule has 0 aromatic heterocycles. The van der Waals surface area contributed by atoms with Crippen LogP contribution in [0.25, 0.3) is 10.8 Å². The van der Waals surface area contributed by atoms with Crippen LogP contribution in [0, 0.1) is 0 Å². The molecule has 2 aromatic carbocycles. The number of hydrogen-bond acceptors (Lipinski definition) is 3. The maximum atomic E-state index is 12.1. The van der Waals surface area contributed by atoms with Crippen LogP contribution in [-0.4, -0.2) is 13.0 Å². The Bertz CT molecular complexity index is 820. The van der Waals surface area contributed by atoms with Crippen molar-refractivity contribution < 1.29 is 13.0 Å². The molecule has 2 aromatic rings. The fourth-order valence-corrected chi connectivity index (χ4v) is 4.19. The Labute approximate surface area is 133 Å². The predicted octanol–water partition coefficient (Wildman–Crippen LogP) is 4.34. The van der Waals surface area contributed by atoms with E-state index in [-0.39, 0.29) is 4.90 Å². The minimum absolute atomic E-state index is 0.0498. The maximum Gasteiger partial charge on any atom is 0.125 e. The second-order valence-corrected chi connectivity index (χ2v) is 9.12. The van der Waals surface area contributed by atoms with Gasteiger partial charge in [-0.2, -0.15) is 0 Å². The Kier molecular flexibility index (Phi) is 3.91. The summed E-state index contributed by atoms with van der Waals surface area (Å²) in [6, 6.07) is 9.48. The molecule has 2 rings (SSSR count). The molecular weight excluding hydrogens is 296 g/mol. The summed E-state index contributed by atoms with van der Waals surface area (Å²) in [4.78, 5) is -0.0498. The average Bonchev–Trinajstić information content (AvgIpc) is 2.33. The summed E-state index contributed by atoms with van der Waals surface area (Å²) < 4.78 is 36.2. The number of rotatable bonds is 1. The van der Waals surface area contributed by atoms with Crippen LogP contribution >= 0.6 is 0 Å². The first kappa shape index (κ1) is 17.0. The van der Waals surface area contributed by atoms with Crippen LogP contribution in [0.1, 0.15) is 52.7 Å². The number of benzene rings is 2. The van der Waals surface area contributed by atoms with E-state index in [1.165, 1.54) is 0 Å². The molecule has 0 unspecified atom stereocenters. The van der Waals surface area contributed by atoms with Crippen molar-refractivity contribution in [3.63, 3.8) is 0 Å². The van der Waals surface area contributed by atoms with E-state index >= 15 is 0 Å². The van der Waals surface area contributed by atoms with Crippen molar-refractivity contribution in [1.29, 1.82) is 0 Å². The zero-order chi connectivity index (χ0) is 16.9. The zero-order valence-electron chi connectivity index (χ0n) is 14.0. The third-order valence-corrected chi connectivity index (χ3v) is 4.73. The normalized spacial score (nSPS) is 13.6.